The molecule has 0 heterocycles. The number of nitrogens with one attached hydrogen (secondary N) is 1. The second-order valence-corrected chi connectivity index (χ2v) is 6.12. The monoisotopic (exact) mass is 306 g/mol. The zero-order chi connectivity index (χ0) is 14.5. The molecule has 20 heavy (non-hydrogen) atoms. The van der Waals surface area contributed by atoms with Crippen LogP contribution in [0.5, 0.6) is 0 Å². The summed E-state index contributed by atoms with van der Waals surface area (Å²) in [6.07, 6.45) is 0. The minimum Gasteiger partial charge on any atom is -0.398 e. The van der Waals surface area contributed by atoms with Crippen molar-refractivity contribution in [2.75, 3.05) is 11.1 Å². The van der Waals surface area contributed by atoms with Gasteiger partial charge in [-0.15, -0.1) is 11.8 Å². The van der Waals surface area contributed by atoms with Gasteiger partial charge in [0.25, 0.3) is 0 Å². The van der Waals surface area contributed by atoms with Gasteiger partial charge >= 0.3 is 0 Å². The Morgan fingerprint density at radius 1 is 1.25 bits per heavy atom. The van der Waals surface area contributed by atoms with Crippen molar-refractivity contribution in [1.29, 1.82) is 0 Å². The quantitative estimate of drug-likeness (QED) is 0.662. The highest BCUT2D eigenvalue weighted by molar-refractivity contribution is 8.00. The van der Waals surface area contributed by atoms with Gasteiger partial charge in [0.05, 0.1) is 5.25 Å². The fourth-order valence-corrected chi connectivity index (χ4v) is 2.80. The number of carbonyl (C=O) groups is 1. The third-order valence-electron chi connectivity index (χ3n) is 2.69. The molecule has 0 bridgehead atoms. The molecule has 0 saturated carbocycles. The van der Waals surface area contributed by atoms with Gasteiger partial charge in [-0.05, 0) is 37.3 Å². The van der Waals surface area contributed by atoms with Crippen LogP contribution in [0.4, 0.5) is 11.4 Å². The maximum absolute atomic E-state index is 12.1. The topological polar surface area (TPSA) is 55.1 Å². The van der Waals surface area contributed by atoms with E-state index < -0.39 is 0 Å². The summed E-state index contributed by atoms with van der Waals surface area (Å²) >= 11 is 7.33. The summed E-state index contributed by atoms with van der Waals surface area (Å²) < 4.78 is 0. The predicted octanol–water partition coefficient (Wildman–Crippen LogP) is 4.04. The molecule has 1 unspecified atom stereocenters. The van der Waals surface area contributed by atoms with Crippen molar-refractivity contribution in [3.05, 3.63) is 53.6 Å². The zero-order valence-corrected chi connectivity index (χ0v) is 12.5. The number of anilines is 2. The Labute approximate surface area is 127 Å². The molecule has 1 amide bonds. The zero-order valence-electron chi connectivity index (χ0n) is 11.0. The van der Waals surface area contributed by atoms with E-state index in [2.05, 4.69) is 5.32 Å². The molecule has 1 atom stereocenters. The first-order valence-electron chi connectivity index (χ1n) is 6.14. The highest BCUT2D eigenvalue weighted by Gasteiger charge is 2.16. The number of hydrogen-bond donors (Lipinski definition) is 2. The van der Waals surface area contributed by atoms with E-state index in [1.807, 2.05) is 37.3 Å². The fourth-order valence-electron chi connectivity index (χ4n) is 1.62. The normalized spacial score (nSPS) is 11.9. The minimum absolute atomic E-state index is 0.0689. The Morgan fingerprint density at radius 2 is 1.95 bits per heavy atom. The molecule has 0 aliphatic rings. The number of hydrogen-bond acceptors (Lipinski definition) is 3. The number of para-hydroxylation sites is 1. The molecule has 0 saturated heterocycles. The Kier molecular flexibility index (Phi) is 4.93. The highest BCUT2D eigenvalue weighted by Crippen LogP contribution is 2.31. The van der Waals surface area contributed by atoms with E-state index in [0.717, 1.165) is 10.6 Å². The molecule has 2 aromatic rings. The Balaban J connectivity index is 2.02. The molecule has 0 aromatic heterocycles. The molecule has 2 rings (SSSR count). The third kappa shape index (κ3) is 3.92. The summed E-state index contributed by atoms with van der Waals surface area (Å²) in [4.78, 5) is 12.9. The van der Waals surface area contributed by atoms with Gasteiger partial charge in [0.15, 0.2) is 0 Å². The third-order valence-corrected chi connectivity index (χ3v) is 4.10. The number of benzene rings is 2. The molecular weight excluding hydrogens is 292 g/mol. The van der Waals surface area contributed by atoms with Crippen LogP contribution in [0.1, 0.15) is 6.92 Å². The maximum atomic E-state index is 12.1. The summed E-state index contributed by atoms with van der Waals surface area (Å²) in [5.41, 5.74) is 7.28. The molecule has 3 N–H and O–H groups in total. The van der Waals surface area contributed by atoms with E-state index in [1.54, 1.807) is 18.2 Å². The highest BCUT2D eigenvalue weighted by atomic mass is 35.5. The second-order valence-electron chi connectivity index (χ2n) is 4.30. The number of nitrogens with two attached hydrogens (primary N) is 1. The van der Waals surface area contributed by atoms with Crippen LogP contribution >= 0.6 is 23.4 Å². The van der Waals surface area contributed by atoms with E-state index in [4.69, 9.17) is 17.3 Å². The Hall–Kier alpha value is -1.65. The number of nitrogen functional groups attached to an aromatic ring is 1. The molecular formula is C15H15ClN2OS. The lowest BCUT2D eigenvalue weighted by atomic mass is 10.3. The van der Waals surface area contributed by atoms with Crippen molar-refractivity contribution < 1.29 is 4.79 Å². The van der Waals surface area contributed by atoms with E-state index >= 15 is 0 Å². The van der Waals surface area contributed by atoms with Crippen molar-refractivity contribution in [2.45, 2.75) is 17.1 Å². The Morgan fingerprint density at radius 3 is 2.65 bits per heavy atom. The second kappa shape index (κ2) is 6.68. The van der Waals surface area contributed by atoms with Gasteiger partial charge in [-0.3, -0.25) is 4.79 Å². The van der Waals surface area contributed by atoms with Gasteiger partial charge < -0.3 is 11.1 Å². The molecule has 5 heteroatoms. The van der Waals surface area contributed by atoms with Crippen LogP contribution < -0.4 is 11.1 Å². The summed E-state index contributed by atoms with van der Waals surface area (Å²) in [5.74, 6) is -0.0689. The van der Waals surface area contributed by atoms with Crippen molar-refractivity contribution in [1.82, 2.24) is 0 Å². The van der Waals surface area contributed by atoms with Crippen molar-refractivity contribution in [2.24, 2.45) is 0 Å². The summed E-state index contributed by atoms with van der Waals surface area (Å²) in [7, 11) is 0. The lowest BCUT2D eigenvalue weighted by Crippen LogP contribution is -2.22. The fraction of sp³-hybridized carbons (Fsp3) is 0.133. The van der Waals surface area contributed by atoms with Crippen LogP contribution in [0.15, 0.2) is 53.4 Å². The Bertz CT molecular complexity index is 604. The molecule has 0 radical (unpaired) electrons. The average molecular weight is 307 g/mol. The number of rotatable bonds is 4. The lowest BCUT2D eigenvalue weighted by Gasteiger charge is -2.13. The molecule has 3 nitrogen and oxygen atoms in total. The molecule has 0 fully saturated rings. The van der Waals surface area contributed by atoms with Gasteiger partial charge in [-0.25, -0.2) is 0 Å². The van der Waals surface area contributed by atoms with Gasteiger partial charge in [-0.2, -0.15) is 0 Å². The van der Waals surface area contributed by atoms with Crippen LogP contribution in [0.2, 0.25) is 5.02 Å². The lowest BCUT2D eigenvalue weighted by molar-refractivity contribution is -0.115. The minimum atomic E-state index is -0.268. The molecule has 0 aliphatic heterocycles. The van der Waals surface area contributed by atoms with Crippen LogP contribution in [-0.4, -0.2) is 11.2 Å². The van der Waals surface area contributed by atoms with Crippen molar-refractivity contribution in [3.63, 3.8) is 0 Å². The summed E-state index contributed by atoms with van der Waals surface area (Å²) in [6, 6.07) is 14.6. The largest absolute Gasteiger partial charge is 0.398 e. The SMILES string of the molecule is CC(Sc1cc(Cl)ccc1N)C(=O)Nc1ccccc1. The molecule has 104 valence electrons. The van der Waals surface area contributed by atoms with Crippen molar-refractivity contribution in [3.8, 4) is 0 Å². The van der Waals surface area contributed by atoms with Crippen LogP contribution in [-0.2, 0) is 4.79 Å². The molecule has 0 aliphatic carbocycles. The van der Waals surface area contributed by atoms with E-state index in [0.29, 0.717) is 10.7 Å². The van der Waals surface area contributed by atoms with Gasteiger partial charge in [0, 0.05) is 21.3 Å². The molecule has 2 aromatic carbocycles. The number of thioether (sulfide) groups is 1. The van der Waals surface area contributed by atoms with E-state index in [9.17, 15) is 4.79 Å². The molecule has 0 spiro atoms. The standard InChI is InChI=1S/C15H15ClN2OS/c1-10(15(19)18-12-5-3-2-4-6-12)20-14-9-11(16)7-8-13(14)17/h2-10H,17H2,1H3,(H,18,19). The van der Waals surface area contributed by atoms with E-state index in [1.165, 1.54) is 11.8 Å². The van der Waals surface area contributed by atoms with Gasteiger partial charge in [-0.1, -0.05) is 29.8 Å². The number of halogens is 1. The smallest absolute Gasteiger partial charge is 0.237 e. The van der Waals surface area contributed by atoms with Gasteiger partial charge in [0.2, 0.25) is 5.91 Å². The average Bonchev–Trinajstić information content (AvgIpc) is 2.44. The van der Waals surface area contributed by atoms with Crippen LogP contribution in [0.3, 0.4) is 0 Å². The first-order valence-corrected chi connectivity index (χ1v) is 7.39. The summed E-state index contributed by atoms with van der Waals surface area (Å²) in [6.45, 7) is 1.84. The van der Waals surface area contributed by atoms with Crippen molar-refractivity contribution >= 4 is 40.6 Å². The number of carbonyl (C=O) groups excluding carboxylic acids is 1. The van der Waals surface area contributed by atoms with Crippen LogP contribution in [0.25, 0.3) is 0 Å². The number of amides is 1. The maximum Gasteiger partial charge on any atom is 0.237 e. The first kappa shape index (κ1) is 14.8. The summed E-state index contributed by atoms with van der Waals surface area (Å²) in [5, 5.41) is 3.20. The predicted molar refractivity (Wildman–Crippen MR) is 86.3 cm³/mol. The van der Waals surface area contributed by atoms with E-state index in [-0.39, 0.29) is 11.2 Å². The van der Waals surface area contributed by atoms with Gasteiger partial charge in [0.1, 0.15) is 0 Å². The van der Waals surface area contributed by atoms with Crippen LogP contribution in [0, 0.1) is 0 Å². The first-order chi connectivity index (χ1) is 9.56.